The molecule has 0 amide bonds. The van der Waals surface area contributed by atoms with Crippen LogP contribution in [0.2, 0.25) is 0 Å². The maximum Gasteiger partial charge on any atom is 0.310 e. The van der Waals surface area contributed by atoms with E-state index in [0.29, 0.717) is 5.92 Å². The van der Waals surface area contributed by atoms with E-state index in [1.807, 2.05) is 0 Å². The third kappa shape index (κ3) is 2.82. The lowest BCUT2D eigenvalue weighted by Gasteiger charge is -2.72. The molecule has 3 N–H and O–H groups in total. The van der Waals surface area contributed by atoms with Gasteiger partial charge in [0.05, 0.1) is 17.6 Å². The highest BCUT2D eigenvalue weighted by atomic mass is 16.4. The van der Waals surface area contributed by atoms with Gasteiger partial charge < -0.3 is 15.3 Å². The summed E-state index contributed by atoms with van der Waals surface area (Å²) in [7, 11) is 0. The Hall–Kier alpha value is -0.870. The molecule has 5 aliphatic carbocycles. The number of hydrogen-bond acceptors (Lipinski definition) is 3. The van der Waals surface area contributed by atoms with Gasteiger partial charge in [0.1, 0.15) is 0 Å². The van der Waals surface area contributed by atoms with Crippen LogP contribution in [-0.4, -0.2) is 33.5 Å². The summed E-state index contributed by atoms with van der Waals surface area (Å²) < 4.78 is 0. The number of carboxylic acid groups (broad SMARTS) is 1. The molecule has 0 aromatic heterocycles. The molecule has 0 spiro atoms. The molecule has 4 nitrogen and oxygen atoms in total. The Bertz CT molecular complexity index is 919. The zero-order chi connectivity index (χ0) is 25.1. The second kappa shape index (κ2) is 7.12. The molecule has 4 saturated carbocycles. The Balaban J connectivity index is 1.63. The zero-order valence-electron chi connectivity index (χ0n) is 22.6. The smallest absolute Gasteiger partial charge is 0.310 e. The first kappa shape index (κ1) is 24.8. The fourth-order valence-corrected chi connectivity index (χ4v) is 10.6. The maximum atomic E-state index is 12.8. The predicted octanol–water partition coefficient (Wildman–Crippen LogP) is 6.20. The first-order chi connectivity index (χ1) is 15.6. The van der Waals surface area contributed by atoms with E-state index >= 15 is 0 Å². The van der Waals surface area contributed by atoms with Crippen LogP contribution in [0.1, 0.15) is 106 Å². The van der Waals surface area contributed by atoms with E-state index in [0.717, 1.165) is 57.8 Å². The van der Waals surface area contributed by atoms with Gasteiger partial charge in [-0.05, 0) is 97.2 Å². The van der Waals surface area contributed by atoms with Gasteiger partial charge in [0, 0.05) is 5.41 Å². The van der Waals surface area contributed by atoms with Gasteiger partial charge in [-0.3, -0.25) is 4.79 Å². The standard InChI is InChI=1S/C30H48O4/c1-25(2)12-14-30(24(33)34)15-13-28(6)18(19(30)17-25)8-9-20-27(5)11-10-22(31)26(3,4)21(27)16-23(32)29(20,28)7/h8,19-23,31-32H,9-17H2,1-7H3,(H,33,34)/t19-,20+,21-,22-,23-,27+,28+,29-,30-/m0/s1. The van der Waals surface area contributed by atoms with Gasteiger partial charge in [0.2, 0.25) is 0 Å². The van der Waals surface area contributed by atoms with Crippen molar-refractivity contribution in [2.24, 2.45) is 50.2 Å². The number of carbonyl (C=O) groups is 1. The SMILES string of the molecule is CC1(C)CC[C@]2(C(=O)O)CC[C@]3(C)C(=CC[C@@H]4[C@@]5(C)CC[C@H](O)C(C)(C)[C@@H]5C[C@H](O)[C@]43C)[C@@H]2C1. The molecule has 0 saturated heterocycles. The molecule has 34 heavy (non-hydrogen) atoms. The monoisotopic (exact) mass is 472 g/mol. The summed E-state index contributed by atoms with van der Waals surface area (Å²) in [5.41, 5.74) is 0.226. The molecular weight excluding hydrogens is 424 g/mol. The van der Waals surface area contributed by atoms with Gasteiger partial charge in [-0.1, -0.05) is 60.1 Å². The van der Waals surface area contributed by atoms with Gasteiger partial charge in [0.25, 0.3) is 0 Å². The Morgan fingerprint density at radius 3 is 2.18 bits per heavy atom. The Kier molecular flexibility index (Phi) is 5.20. The Morgan fingerprint density at radius 2 is 1.53 bits per heavy atom. The average molecular weight is 473 g/mol. The third-order valence-corrected chi connectivity index (χ3v) is 13.1. The number of aliphatic hydroxyl groups excluding tert-OH is 2. The van der Waals surface area contributed by atoms with Gasteiger partial charge >= 0.3 is 5.97 Å². The maximum absolute atomic E-state index is 12.8. The van der Waals surface area contributed by atoms with Gasteiger partial charge in [-0.25, -0.2) is 0 Å². The van der Waals surface area contributed by atoms with Crippen LogP contribution in [0.4, 0.5) is 0 Å². The number of aliphatic carboxylic acids is 1. The molecule has 192 valence electrons. The molecule has 0 aromatic carbocycles. The number of allylic oxidation sites excluding steroid dienone is 2. The molecule has 4 fully saturated rings. The molecule has 0 unspecified atom stereocenters. The quantitative estimate of drug-likeness (QED) is 0.397. The van der Waals surface area contributed by atoms with Gasteiger partial charge in [0.15, 0.2) is 0 Å². The van der Waals surface area contributed by atoms with Crippen LogP contribution in [-0.2, 0) is 4.79 Å². The fourth-order valence-electron chi connectivity index (χ4n) is 10.6. The average Bonchev–Trinajstić information content (AvgIpc) is 2.74. The lowest BCUT2D eigenvalue weighted by molar-refractivity contribution is -0.244. The van der Waals surface area contributed by atoms with Crippen molar-refractivity contribution in [2.45, 2.75) is 118 Å². The highest BCUT2D eigenvalue weighted by Crippen LogP contribution is 2.75. The predicted molar refractivity (Wildman–Crippen MR) is 134 cm³/mol. The molecule has 0 aliphatic heterocycles. The minimum atomic E-state index is -0.646. The molecule has 5 rings (SSSR count). The van der Waals surface area contributed by atoms with Crippen molar-refractivity contribution in [3.05, 3.63) is 11.6 Å². The van der Waals surface area contributed by atoms with Crippen LogP contribution in [0.3, 0.4) is 0 Å². The lowest BCUT2D eigenvalue weighted by atomic mass is 9.33. The molecule has 0 heterocycles. The topological polar surface area (TPSA) is 77.8 Å². The van der Waals surface area contributed by atoms with Gasteiger partial charge in [-0.15, -0.1) is 0 Å². The third-order valence-electron chi connectivity index (χ3n) is 13.1. The minimum Gasteiger partial charge on any atom is -0.481 e. The van der Waals surface area contributed by atoms with Crippen molar-refractivity contribution < 1.29 is 20.1 Å². The molecule has 4 heteroatoms. The van der Waals surface area contributed by atoms with E-state index in [4.69, 9.17) is 0 Å². The van der Waals surface area contributed by atoms with Crippen molar-refractivity contribution in [3.63, 3.8) is 0 Å². The lowest BCUT2D eigenvalue weighted by Crippen LogP contribution is -2.69. The van der Waals surface area contributed by atoms with E-state index in [1.54, 1.807) is 0 Å². The van der Waals surface area contributed by atoms with Crippen molar-refractivity contribution in [2.75, 3.05) is 0 Å². The summed E-state index contributed by atoms with van der Waals surface area (Å²) in [4.78, 5) is 12.8. The zero-order valence-corrected chi connectivity index (χ0v) is 22.6. The summed E-state index contributed by atoms with van der Waals surface area (Å²) >= 11 is 0. The largest absolute Gasteiger partial charge is 0.481 e. The first-order valence-corrected chi connectivity index (χ1v) is 13.9. The van der Waals surface area contributed by atoms with Crippen molar-refractivity contribution >= 4 is 5.97 Å². The Labute approximate surface area is 206 Å². The van der Waals surface area contributed by atoms with Crippen molar-refractivity contribution in [1.82, 2.24) is 0 Å². The molecule has 0 bridgehead atoms. The van der Waals surface area contributed by atoms with E-state index in [9.17, 15) is 20.1 Å². The second-order valence-corrected chi connectivity index (χ2v) is 15.1. The van der Waals surface area contributed by atoms with Crippen LogP contribution in [0.5, 0.6) is 0 Å². The number of rotatable bonds is 1. The van der Waals surface area contributed by atoms with Crippen LogP contribution >= 0.6 is 0 Å². The van der Waals surface area contributed by atoms with Gasteiger partial charge in [-0.2, -0.15) is 0 Å². The normalized spacial score (nSPS) is 53.4. The summed E-state index contributed by atoms with van der Waals surface area (Å²) in [5, 5.41) is 33.4. The molecule has 0 radical (unpaired) electrons. The van der Waals surface area contributed by atoms with Crippen molar-refractivity contribution in [3.8, 4) is 0 Å². The van der Waals surface area contributed by atoms with Crippen LogP contribution in [0.25, 0.3) is 0 Å². The minimum absolute atomic E-state index is 0.0626. The van der Waals surface area contributed by atoms with Crippen LogP contribution in [0.15, 0.2) is 11.6 Å². The molecule has 0 aromatic rings. The van der Waals surface area contributed by atoms with E-state index in [2.05, 4.69) is 54.5 Å². The molecular formula is C30H48O4. The molecule has 9 atom stereocenters. The van der Waals surface area contributed by atoms with E-state index in [1.165, 1.54) is 5.57 Å². The summed E-state index contributed by atoms with van der Waals surface area (Å²) in [6.07, 6.45) is 9.41. The summed E-state index contributed by atoms with van der Waals surface area (Å²) in [6.45, 7) is 16.2. The summed E-state index contributed by atoms with van der Waals surface area (Å²) in [5.74, 6) is 0.0731. The highest BCUT2D eigenvalue weighted by Gasteiger charge is 2.71. The van der Waals surface area contributed by atoms with E-state index < -0.39 is 17.5 Å². The van der Waals surface area contributed by atoms with Crippen molar-refractivity contribution in [1.29, 1.82) is 0 Å². The van der Waals surface area contributed by atoms with E-state index in [-0.39, 0.29) is 45.0 Å². The molecule has 5 aliphatic rings. The first-order valence-electron chi connectivity index (χ1n) is 13.9. The number of fused-ring (bicyclic) bond motifs is 7. The number of aliphatic hydroxyl groups is 2. The fraction of sp³-hybridized carbons (Fsp3) is 0.900. The van der Waals surface area contributed by atoms with Crippen LogP contribution in [0, 0.1) is 50.2 Å². The Morgan fingerprint density at radius 1 is 0.882 bits per heavy atom. The highest BCUT2D eigenvalue weighted by molar-refractivity contribution is 5.76. The summed E-state index contributed by atoms with van der Waals surface area (Å²) in [6, 6.07) is 0. The number of carboxylic acids is 1. The van der Waals surface area contributed by atoms with Crippen LogP contribution < -0.4 is 0 Å². The number of hydrogen-bond donors (Lipinski definition) is 3. The second-order valence-electron chi connectivity index (χ2n) is 15.1.